The molecular formula is C9H16N2OS. The Hall–Kier alpha value is -0.450. The fourth-order valence-corrected chi connectivity index (χ4v) is 1.81. The Kier molecular flexibility index (Phi) is 4.35. The van der Waals surface area contributed by atoms with Crippen LogP contribution in [0.4, 0.5) is 0 Å². The van der Waals surface area contributed by atoms with Crippen LogP contribution < -0.4 is 5.32 Å². The van der Waals surface area contributed by atoms with E-state index in [2.05, 4.69) is 24.1 Å². The van der Waals surface area contributed by atoms with Crippen molar-refractivity contribution in [2.75, 3.05) is 6.61 Å². The highest BCUT2D eigenvalue weighted by Gasteiger charge is 2.11. The Bertz CT molecular complexity index is 222. The summed E-state index contributed by atoms with van der Waals surface area (Å²) in [5, 5.41) is 12.3. The van der Waals surface area contributed by atoms with Gasteiger partial charge >= 0.3 is 0 Å². The minimum absolute atomic E-state index is 0.192. The molecule has 2 N–H and O–H groups in total. The minimum atomic E-state index is 0.192. The summed E-state index contributed by atoms with van der Waals surface area (Å²) >= 11 is 1.64. The second kappa shape index (κ2) is 5.32. The molecule has 1 heterocycles. The van der Waals surface area contributed by atoms with Crippen LogP contribution in [-0.4, -0.2) is 22.7 Å². The molecule has 0 aliphatic carbocycles. The van der Waals surface area contributed by atoms with Gasteiger partial charge in [-0.2, -0.15) is 0 Å². The van der Waals surface area contributed by atoms with E-state index in [1.807, 2.05) is 11.7 Å². The van der Waals surface area contributed by atoms with Crippen LogP contribution >= 0.6 is 11.3 Å². The Balaban J connectivity index is 2.45. The van der Waals surface area contributed by atoms with Gasteiger partial charge in [-0.3, -0.25) is 4.98 Å². The fourth-order valence-electron chi connectivity index (χ4n) is 1.17. The van der Waals surface area contributed by atoms with E-state index in [0.29, 0.717) is 0 Å². The zero-order valence-corrected chi connectivity index (χ0v) is 8.84. The summed E-state index contributed by atoms with van der Waals surface area (Å²) in [6.07, 6.45) is 2.81. The summed E-state index contributed by atoms with van der Waals surface area (Å²) in [5.41, 5.74) is 1.83. The van der Waals surface area contributed by atoms with Crippen molar-refractivity contribution < 1.29 is 5.11 Å². The summed E-state index contributed by atoms with van der Waals surface area (Å²) in [6, 6.07) is 0.474. The van der Waals surface area contributed by atoms with Crippen LogP contribution in [0.3, 0.4) is 0 Å². The maximum Gasteiger partial charge on any atom is 0.0794 e. The van der Waals surface area contributed by atoms with E-state index in [9.17, 15) is 0 Å². The van der Waals surface area contributed by atoms with Crippen molar-refractivity contribution in [3.63, 3.8) is 0 Å². The number of nitrogens with one attached hydrogen (secondary N) is 1. The SMILES string of the molecule is CCC(CO)NC(C)c1cncs1. The van der Waals surface area contributed by atoms with Gasteiger partial charge in [-0.25, -0.2) is 0 Å². The average molecular weight is 200 g/mol. The highest BCUT2D eigenvalue weighted by Crippen LogP contribution is 2.16. The second-order valence-electron chi connectivity index (χ2n) is 3.08. The molecule has 0 aromatic carbocycles. The molecule has 0 saturated carbocycles. The molecular weight excluding hydrogens is 184 g/mol. The standard InChI is InChI=1S/C9H16N2OS/c1-3-8(5-12)11-7(2)9-4-10-6-13-9/h4,6-8,11-12H,3,5H2,1-2H3. The first-order valence-corrected chi connectivity index (χ1v) is 5.41. The van der Waals surface area contributed by atoms with Crippen molar-refractivity contribution in [3.8, 4) is 0 Å². The molecule has 0 aliphatic heterocycles. The number of hydrogen-bond acceptors (Lipinski definition) is 4. The quantitative estimate of drug-likeness (QED) is 0.758. The summed E-state index contributed by atoms with van der Waals surface area (Å²) in [7, 11) is 0. The predicted octanol–water partition coefficient (Wildman–Crippen LogP) is 1.56. The molecule has 1 rings (SSSR count). The Morgan fingerprint density at radius 3 is 2.92 bits per heavy atom. The summed E-state index contributed by atoms with van der Waals surface area (Å²) in [5.74, 6) is 0. The topological polar surface area (TPSA) is 45.1 Å². The van der Waals surface area contributed by atoms with Gasteiger partial charge in [-0.05, 0) is 13.3 Å². The molecule has 0 spiro atoms. The highest BCUT2D eigenvalue weighted by atomic mass is 32.1. The molecule has 1 aromatic heterocycles. The van der Waals surface area contributed by atoms with E-state index in [4.69, 9.17) is 5.11 Å². The lowest BCUT2D eigenvalue weighted by Crippen LogP contribution is -2.33. The smallest absolute Gasteiger partial charge is 0.0794 e. The van der Waals surface area contributed by atoms with Gasteiger partial charge in [0.15, 0.2) is 0 Å². The van der Waals surface area contributed by atoms with E-state index < -0.39 is 0 Å². The maximum atomic E-state index is 9.00. The van der Waals surface area contributed by atoms with E-state index in [1.54, 1.807) is 11.3 Å². The Morgan fingerprint density at radius 1 is 1.69 bits per heavy atom. The molecule has 0 bridgehead atoms. The number of thiazole rings is 1. The lowest BCUT2D eigenvalue weighted by Gasteiger charge is -2.18. The van der Waals surface area contributed by atoms with Crippen LogP contribution in [0.15, 0.2) is 11.7 Å². The van der Waals surface area contributed by atoms with Crippen molar-refractivity contribution in [1.82, 2.24) is 10.3 Å². The molecule has 3 nitrogen and oxygen atoms in total. The van der Waals surface area contributed by atoms with Crippen molar-refractivity contribution in [3.05, 3.63) is 16.6 Å². The van der Waals surface area contributed by atoms with Crippen LogP contribution in [0.2, 0.25) is 0 Å². The molecule has 13 heavy (non-hydrogen) atoms. The molecule has 0 amide bonds. The van der Waals surface area contributed by atoms with Gasteiger partial charge < -0.3 is 10.4 Å². The number of aliphatic hydroxyl groups excluding tert-OH is 1. The van der Waals surface area contributed by atoms with Gasteiger partial charge in [-0.15, -0.1) is 11.3 Å². The van der Waals surface area contributed by atoms with Crippen LogP contribution in [0.5, 0.6) is 0 Å². The monoisotopic (exact) mass is 200 g/mol. The molecule has 4 heteroatoms. The normalized spacial score (nSPS) is 15.6. The van der Waals surface area contributed by atoms with Crippen molar-refractivity contribution >= 4 is 11.3 Å². The molecule has 0 saturated heterocycles. The third-order valence-electron chi connectivity index (χ3n) is 2.08. The first kappa shape index (κ1) is 10.6. The van der Waals surface area contributed by atoms with Crippen molar-refractivity contribution in [2.45, 2.75) is 32.4 Å². The lowest BCUT2D eigenvalue weighted by molar-refractivity contribution is 0.230. The number of nitrogens with zero attached hydrogens (tertiary/aromatic N) is 1. The van der Waals surface area contributed by atoms with Crippen LogP contribution in [0, 0.1) is 0 Å². The third-order valence-corrected chi connectivity index (χ3v) is 3.04. The number of rotatable bonds is 5. The van der Waals surface area contributed by atoms with E-state index >= 15 is 0 Å². The van der Waals surface area contributed by atoms with Gasteiger partial charge in [0.05, 0.1) is 12.1 Å². The first-order valence-electron chi connectivity index (χ1n) is 4.53. The van der Waals surface area contributed by atoms with Crippen LogP contribution in [0.25, 0.3) is 0 Å². The zero-order chi connectivity index (χ0) is 9.68. The zero-order valence-electron chi connectivity index (χ0n) is 8.03. The largest absolute Gasteiger partial charge is 0.395 e. The van der Waals surface area contributed by atoms with Gasteiger partial charge in [0, 0.05) is 23.2 Å². The molecule has 0 aliphatic rings. The Labute approximate surface area is 82.8 Å². The fraction of sp³-hybridized carbons (Fsp3) is 0.667. The number of aromatic nitrogens is 1. The van der Waals surface area contributed by atoms with Gasteiger partial charge in [0.1, 0.15) is 0 Å². The summed E-state index contributed by atoms with van der Waals surface area (Å²) < 4.78 is 0. The van der Waals surface area contributed by atoms with E-state index in [-0.39, 0.29) is 18.7 Å². The number of hydrogen-bond donors (Lipinski definition) is 2. The van der Waals surface area contributed by atoms with Crippen molar-refractivity contribution in [2.24, 2.45) is 0 Å². The minimum Gasteiger partial charge on any atom is -0.395 e. The van der Waals surface area contributed by atoms with E-state index in [0.717, 1.165) is 6.42 Å². The van der Waals surface area contributed by atoms with Crippen molar-refractivity contribution in [1.29, 1.82) is 0 Å². The predicted molar refractivity (Wildman–Crippen MR) is 54.8 cm³/mol. The molecule has 74 valence electrons. The lowest BCUT2D eigenvalue weighted by atomic mass is 10.2. The van der Waals surface area contributed by atoms with Gasteiger partial charge in [0.2, 0.25) is 0 Å². The average Bonchev–Trinajstić information content (AvgIpc) is 2.66. The van der Waals surface area contributed by atoms with Gasteiger partial charge in [-0.1, -0.05) is 6.92 Å². The third kappa shape index (κ3) is 3.06. The first-order chi connectivity index (χ1) is 6.27. The molecule has 0 fully saturated rings. The Morgan fingerprint density at radius 2 is 2.46 bits per heavy atom. The second-order valence-corrected chi connectivity index (χ2v) is 4.00. The molecule has 2 atom stereocenters. The molecule has 2 unspecified atom stereocenters. The van der Waals surface area contributed by atoms with Crippen LogP contribution in [-0.2, 0) is 0 Å². The van der Waals surface area contributed by atoms with Crippen LogP contribution in [0.1, 0.15) is 31.2 Å². The molecule has 0 radical (unpaired) electrons. The maximum absolute atomic E-state index is 9.00. The molecule has 1 aromatic rings. The number of aliphatic hydroxyl groups is 1. The summed E-state index contributed by atoms with van der Waals surface area (Å²) in [4.78, 5) is 5.23. The highest BCUT2D eigenvalue weighted by molar-refractivity contribution is 7.09. The summed E-state index contributed by atoms with van der Waals surface area (Å²) in [6.45, 7) is 4.35. The van der Waals surface area contributed by atoms with E-state index in [1.165, 1.54) is 4.88 Å². The van der Waals surface area contributed by atoms with Gasteiger partial charge in [0.25, 0.3) is 0 Å².